The van der Waals surface area contributed by atoms with E-state index in [0.717, 1.165) is 0 Å². The monoisotopic (exact) mass is 236 g/mol. The van der Waals surface area contributed by atoms with Crippen LogP contribution in [-0.2, 0) is 14.9 Å². The number of hydrogen-bond donors (Lipinski definition) is 2. The average Bonchev–Trinajstić information content (AvgIpc) is 1.84. The topological polar surface area (TPSA) is 83.8 Å². The van der Waals surface area contributed by atoms with Gasteiger partial charge in [-0.3, -0.25) is 4.55 Å². The fraction of sp³-hybridized carbons (Fsp3) is 0.667. The van der Waals surface area contributed by atoms with E-state index >= 15 is 0 Å². The normalized spacial score (nSPS) is 13.1. The molecule has 0 bridgehead atoms. The van der Waals surface area contributed by atoms with Crippen molar-refractivity contribution in [1.82, 2.24) is 0 Å². The zero-order valence-corrected chi connectivity index (χ0v) is 7.33. The third-order valence-corrected chi connectivity index (χ3v) is 1.75. The molecule has 0 spiro atoms. The zero-order valence-electron chi connectivity index (χ0n) is 6.51. The minimum atomic E-state index is -4.12. The molecule has 13 heavy (non-hydrogen) atoms. The standard InChI is InChI=1S/C6H12O5S.K.H/c1-2-3-11-4-6(7)5-12(8,9)10;;/h2,6-7H,1,3-5H2,(H,8,9,10);;. The first-order valence-corrected chi connectivity index (χ1v) is 4.88. The van der Waals surface area contributed by atoms with E-state index in [1.54, 1.807) is 0 Å². The molecule has 0 aliphatic rings. The van der Waals surface area contributed by atoms with Crippen LogP contribution in [0.1, 0.15) is 0 Å². The first kappa shape index (κ1) is 16.6. The van der Waals surface area contributed by atoms with Crippen LogP contribution in [0.4, 0.5) is 0 Å². The molecule has 0 saturated carbocycles. The van der Waals surface area contributed by atoms with Crippen LogP contribution in [0.5, 0.6) is 0 Å². The Kier molecular flexibility index (Phi) is 10.9. The summed E-state index contributed by atoms with van der Waals surface area (Å²) in [4.78, 5) is 0. The van der Waals surface area contributed by atoms with E-state index in [4.69, 9.17) is 14.4 Å². The average molecular weight is 236 g/mol. The Labute approximate surface area is 120 Å². The first-order chi connectivity index (χ1) is 5.45. The van der Waals surface area contributed by atoms with Gasteiger partial charge in [-0.15, -0.1) is 6.58 Å². The Morgan fingerprint density at radius 2 is 2.08 bits per heavy atom. The van der Waals surface area contributed by atoms with Crippen molar-refractivity contribution in [2.45, 2.75) is 6.10 Å². The molecule has 2 N–H and O–H groups in total. The predicted molar refractivity (Wildman–Crippen MR) is 50.6 cm³/mol. The fourth-order valence-corrected chi connectivity index (χ4v) is 1.16. The van der Waals surface area contributed by atoms with E-state index in [-0.39, 0.29) is 64.6 Å². The second-order valence-corrected chi connectivity index (χ2v) is 3.73. The van der Waals surface area contributed by atoms with E-state index < -0.39 is 22.0 Å². The van der Waals surface area contributed by atoms with Crippen LogP contribution in [-0.4, -0.2) is 94.5 Å². The van der Waals surface area contributed by atoms with Crippen molar-refractivity contribution in [2.24, 2.45) is 0 Å². The third kappa shape index (κ3) is 13.2. The summed E-state index contributed by atoms with van der Waals surface area (Å²) in [6.45, 7) is 3.46. The predicted octanol–water partition coefficient (Wildman–Crippen LogP) is -1.21. The maximum atomic E-state index is 10.2. The molecule has 0 saturated heterocycles. The van der Waals surface area contributed by atoms with Crippen molar-refractivity contribution in [3.8, 4) is 0 Å². The minimum absolute atomic E-state index is 0. The molecule has 0 aromatic rings. The number of ether oxygens (including phenoxy) is 1. The van der Waals surface area contributed by atoms with Crippen molar-refractivity contribution < 1.29 is 22.8 Å². The van der Waals surface area contributed by atoms with Gasteiger partial charge in [-0.2, -0.15) is 8.42 Å². The summed E-state index contributed by atoms with van der Waals surface area (Å²) in [7, 11) is -4.12. The van der Waals surface area contributed by atoms with E-state index in [1.807, 2.05) is 0 Å². The first-order valence-electron chi connectivity index (χ1n) is 3.27. The molecular weight excluding hydrogens is 223 g/mol. The summed E-state index contributed by atoms with van der Waals surface area (Å²) in [5.41, 5.74) is 0. The molecule has 0 heterocycles. The summed E-state index contributed by atoms with van der Waals surface area (Å²) < 4.78 is 33.4. The number of aliphatic hydroxyl groups is 1. The van der Waals surface area contributed by atoms with Gasteiger partial charge in [0.05, 0.1) is 19.3 Å². The Morgan fingerprint density at radius 1 is 1.54 bits per heavy atom. The molecule has 0 radical (unpaired) electrons. The second kappa shape index (κ2) is 8.51. The summed E-state index contributed by atoms with van der Waals surface area (Å²) in [5.74, 6) is -0.704. The Hall–Kier alpha value is 1.21. The van der Waals surface area contributed by atoms with E-state index in [2.05, 4.69) is 6.58 Å². The molecule has 0 aromatic heterocycles. The molecule has 0 rings (SSSR count). The zero-order chi connectivity index (χ0) is 9.61. The van der Waals surface area contributed by atoms with Gasteiger partial charge in [0, 0.05) is 0 Å². The summed E-state index contributed by atoms with van der Waals surface area (Å²) in [6.07, 6.45) is 0.278. The van der Waals surface area contributed by atoms with Gasteiger partial charge in [0.1, 0.15) is 5.75 Å². The molecular formula is C6H13KO5S. The Balaban J connectivity index is 0. The van der Waals surface area contributed by atoms with Crippen LogP contribution in [0.15, 0.2) is 12.7 Å². The van der Waals surface area contributed by atoms with Gasteiger partial charge in [-0.25, -0.2) is 0 Å². The van der Waals surface area contributed by atoms with Gasteiger partial charge in [-0.1, -0.05) is 6.08 Å². The Morgan fingerprint density at radius 3 is 2.46 bits per heavy atom. The molecule has 5 nitrogen and oxygen atoms in total. The molecule has 0 amide bonds. The van der Waals surface area contributed by atoms with Crippen molar-refractivity contribution >= 4 is 61.5 Å². The molecule has 74 valence electrons. The van der Waals surface area contributed by atoms with Gasteiger partial charge in [0.2, 0.25) is 0 Å². The van der Waals surface area contributed by atoms with Crippen LogP contribution < -0.4 is 0 Å². The van der Waals surface area contributed by atoms with E-state index in [9.17, 15) is 8.42 Å². The fourth-order valence-electron chi connectivity index (χ4n) is 0.579. The molecule has 0 aliphatic heterocycles. The molecule has 0 aliphatic carbocycles. The molecule has 0 fully saturated rings. The Bertz CT molecular complexity index is 225. The number of rotatable bonds is 6. The summed E-state index contributed by atoms with van der Waals surface area (Å²) in [5, 5.41) is 8.91. The summed E-state index contributed by atoms with van der Waals surface area (Å²) in [6, 6.07) is 0. The van der Waals surface area contributed by atoms with Crippen LogP contribution in [0.2, 0.25) is 0 Å². The molecule has 0 aromatic carbocycles. The second-order valence-electron chi connectivity index (χ2n) is 2.23. The van der Waals surface area contributed by atoms with E-state index in [0.29, 0.717) is 0 Å². The summed E-state index contributed by atoms with van der Waals surface area (Å²) >= 11 is 0. The van der Waals surface area contributed by atoms with Crippen LogP contribution in [0.3, 0.4) is 0 Å². The van der Waals surface area contributed by atoms with Crippen LogP contribution in [0, 0.1) is 0 Å². The van der Waals surface area contributed by atoms with E-state index in [1.165, 1.54) is 6.08 Å². The van der Waals surface area contributed by atoms with Crippen molar-refractivity contribution in [3.05, 3.63) is 12.7 Å². The van der Waals surface area contributed by atoms with Crippen molar-refractivity contribution in [1.29, 1.82) is 0 Å². The van der Waals surface area contributed by atoms with Crippen molar-refractivity contribution in [2.75, 3.05) is 19.0 Å². The SMILES string of the molecule is C=CCOCC(O)CS(=O)(=O)O.[KH]. The number of aliphatic hydroxyl groups excluding tert-OH is 1. The molecule has 1 atom stereocenters. The van der Waals surface area contributed by atoms with Crippen molar-refractivity contribution in [3.63, 3.8) is 0 Å². The van der Waals surface area contributed by atoms with Crippen LogP contribution >= 0.6 is 0 Å². The molecule has 1 unspecified atom stereocenters. The van der Waals surface area contributed by atoms with Crippen LogP contribution in [0.25, 0.3) is 0 Å². The molecule has 7 heteroatoms. The van der Waals surface area contributed by atoms with Gasteiger partial charge >= 0.3 is 51.4 Å². The number of hydrogen-bond acceptors (Lipinski definition) is 4. The van der Waals surface area contributed by atoms with Gasteiger partial charge in [0.15, 0.2) is 0 Å². The third-order valence-electron chi connectivity index (χ3n) is 0.949. The van der Waals surface area contributed by atoms with Gasteiger partial charge < -0.3 is 9.84 Å². The van der Waals surface area contributed by atoms with Gasteiger partial charge in [-0.05, 0) is 0 Å². The quantitative estimate of drug-likeness (QED) is 0.262. The van der Waals surface area contributed by atoms with Gasteiger partial charge in [0.25, 0.3) is 10.1 Å². The maximum absolute atomic E-state index is 10.2.